The van der Waals surface area contributed by atoms with E-state index >= 15 is 0 Å². The van der Waals surface area contributed by atoms with E-state index < -0.39 is 5.97 Å². The van der Waals surface area contributed by atoms with E-state index in [2.05, 4.69) is 21.4 Å². The molecule has 0 radical (unpaired) electrons. The number of hydrogen-bond acceptors (Lipinski definition) is 4. The summed E-state index contributed by atoms with van der Waals surface area (Å²) in [5.74, 6) is -1.12. The van der Waals surface area contributed by atoms with Crippen LogP contribution in [0.25, 0.3) is 0 Å². The molecular formula is C19H24N2O4. The average molecular weight is 344 g/mol. The van der Waals surface area contributed by atoms with Gasteiger partial charge in [-0.15, -0.1) is 0 Å². The van der Waals surface area contributed by atoms with Gasteiger partial charge >= 0.3 is 5.97 Å². The lowest BCUT2D eigenvalue weighted by atomic mass is 9.97. The molecule has 0 aromatic heterocycles. The average Bonchev–Trinajstić information content (AvgIpc) is 2.62. The van der Waals surface area contributed by atoms with Crippen molar-refractivity contribution in [2.24, 2.45) is 0 Å². The first-order valence-electron chi connectivity index (χ1n) is 8.51. The maximum atomic E-state index is 11.9. The summed E-state index contributed by atoms with van der Waals surface area (Å²) < 4.78 is 4.61. The molecule has 0 saturated carbocycles. The summed E-state index contributed by atoms with van der Waals surface area (Å²) in [5, 5.41) is 5.41. The molecule has 25 heavy (non-hydrogen) atoms. The van der Waals surface area contributed by atoms with Gasteiger partial charge in [-0.2, -0.15) is 0 Å². The molecule has 0 saturated heterocycles. The van der Waals surface area contributed by atoms with Gasteiger partial charge in [0.1, 0.15) is 6.42 Å². The number of benzene rings is 1. The van der Waals surface area contributed by atoms with E-state index in [0.29, 0.717) is 17.8 Å². The zero-order valence-corrected chi connectivity index (χ0v) is 14.5. The van der Waals surface area contributed by atoms with E-state index in [9.17, 15) is 14.4 Å². The number of esters is 1. The minimum atomic E-state index is -0.440. The topological polar surface area (TPSA) is 84.5 Å². The van der Waals surface area contributed by atoms with Crippen LogP contribution in [-0.4, -0.2) is 31.4 Å². The molecular weight excluding hydrogens is 320 g/mol. The second-order valence-corrected chi connectivity index (χ2v) is 6.00. The number of methoxy groups -OCH3 is 1. The van der Waals surface area contributed by atoms with Gasteiger partial charge in [-0.1, -0.05) is 11.6 Å². The Kier molecular flexibility index (Phi) is 7.19. The number of amides is 2. The number of allylic oxidation sites excluding steroid dienone is 1. The number of rotatable bonds is 7. The Labute approximate surface area is 147 Å². The van der Waals surface area contributed by atoms with Gasteiger partial charge < -0.3 is 15.4 Å². The minimum Gasteiger partial charge on any atom is -0.465 e. The summed E-state index contributed by atoms with van der Waals surface area (Å²) in [6, 6.07) is 6.30. The van der Waals surface area contributed by atoms with Crippen molar-refractivity contribution >= 4 is 23.5 Å². The van der Waals surface area contributed by atoms with Crippen molar-refractivity contribution < 1.29 is 19.1 Å². The van der Waals surface area contributed by atoms with Crippen LogP contribution in [0.4, 0.5) is 5.69 Å². The second-order valence-electron chi connectivity index (χ2n) is 6.00. The molecule has 6 nitrogen and oxygen atoms in total. The van der Waals surface area contributed by atoms with Gasteiger partial charge in [0, 0.05) is 12.2 Å². The fraction of sp³-hybridized carbons (Fsp3) is 0.421. The third-order valence-electron chi connectivity index (χ3n) is 4.06. The van der Waals surface area contributed by atoms with Crippen LogP contribution in [0.15, 0.2) is 35.9 Å². The zero-order chi connectivity index (χ0) is 18.1. The van der Waals surface area contributed by atoms with Crippen LogP contribution in [0.3, 0.4) is 0 Å². The van der Waals surface area contributed by atoms with E-state index in [-0.39, 0.29) is 18.2 Å². The normalized spacial score (nSPS) is 13.6. The van der Waals surface area contributed by atoms with E-state index in [0.717, 1.165) is 19.3 Å². The third-order valence-corrected chi connectivity index (χ3v) is 4.06. The molecule has 0 fully saturated rings. The number of carbonyl (C=O) groups is 3. The molecule has 0 atom stereocenters. The highest BCUT2D eigenvalue weighted by atomic mass is 16.5. The third kappa shape index (κ3) is 6.41. The lowest BCUT2D eigenvalue weighted by molar-refractivity contribution is -0.126. The second kappa shape index (κ2) is 9.61. The van der Waals surface area contributed by atoms with E-state index in [1.807, 2.05) is 0 Å². The molecule has 0 aliphatic heterocycles. The Morgan fingerprint density at radius 2 is 1.84 bits per heavy atom. The molecule has 0 unspecified atom stereocenters. The van der Waals surface area contributed by atoms with E-state index in [1.54, 1.807) is 24.3 Å². The largest absolute Gasteiger partial charge is 0.465 e. The van der Waals surface area contributed by atoms with Gasteiger partial charge in [-0.25, -0.2) is 4.79 Å². The van der Waals surface area contributed by atoms with Crippen LogP contribution in [0.1, 0.15) is 48.9 Å². The van der Waals surface area contributed by atoms with Crippen molar-refractivity contribution in [3.63, 3.8) is 0 Å². The molecule has 1 aliphatic rings. The van der Waals surface area contributed by atoms with E-state index in [1.165, 1.54) is 25.5 Å². The molecule has 2 N–H and O–H groups in total. The smallest absolute Gasteiger partial charge is 0.337 e. The molecule has 2 amide bonds. The SMILES string of the molecule is COC(=O)c1ccc(NC(=O)CC(=O)NCCC2=CCCCC2)cc1. The van der Waals surface area contributed by atoms with Crippen LogP contribution in [0.5, 0.6) is 0 Å². The van der Waals surface area contributed by atoms with Gasteiger partial charge in [-0.3, -0.25) is 9.59 Å². The molecule has 1 aliphatic carbocycles. The molecule has 0 heterocycles. The highest BCUT2D eigenvalue weighted by Crippen LogP contribution is 2.19. The van der Waals surface area contributed by atoms with Crippen molar-refractivity contribution in [1.29, 1.82) is 0 Å². The van der Waals surface area contributed by atoms with Gasteiger partial charge in [0.15, 0.2) is 0 Å². The van der Waals surface area contributed by atoms with Crippen LogP contribution in [-0.2, 0) is 14.3 Å². The van der Waals surface area contributed by atoms with Crippen LogP contribution in [0.2, 0.25) is 0 Å². The monoisotopic (exact) mass is 344 g/mol. The highest BCUT2D eigenvalue weighted by Gasteiger charge is 2.11. The van der Waals surface area contributed by atoms with Crippen LogP contribution in [0, 0.1) is 0 Å². The molecule has 134 valence electrons. The van der Waals surface area contributed by atoms with Gasteiger partial charge in [0.25, 0.3) is 0 Å². The van der Waals surface area contributed by atoms with Gasteiger partial charge in [0.05, 0.1) is 12.7 Å². The zero-order valence-electron chi connectivity index (χ0n) is 14.5. The first-order chi connectivity index (χ1) is 12.1. The van der Waals surface area contributed by atoms with Crippen molar-refractivity contribution in [2.75, 3.05) is 19.0 Å². The number of anilines is 1. The molecule has 6 heteroatoms. The predicted molar refractivity (Wildman–Crippen MR) is 95.2 cm³/mol. The summed E-state index contributed by atoms with van der Waals surface area (Å²) in [4.78, 5) is 35.0. The van der Waals surface area contributed by atoms with Crippen molar-refractivity contribution in [1.82, 2.24) is 5.32 Å². The van der Waals surface area contributed by atoms with Crippen molar-refractivity contribution in [2.45, 2.75) is 38.5 Å². The molecule has 0 bridgehead atoms. The molecule has 0 spiro atoms. The maximum absolute atomic E-state index is 11.9. The van der Waals surface area contributed by atoms with Gasteiger partial charge in [-0.05, 0) is 56.4 Å². The van der Waals surface area contributed by atoms with E-state index in [4.69, 9.17) is 0 Å². The highest BCUT2D eigenvalue weighted by molar-refractivity contribution is 6.03. The van der Waals surface area contributed by atoms with Gasteiger partial charge in [0.2, 0.25) is 11.8 Å². The number of carbonyl (C=O) groups excluding carboxylic acids is 3. The fourth-order valence-electron chi connectivity index (χ4n) is 2.72. The maximum Gasteiger partial charge on any atom is 0.337 e. The summed E-state index contributed by atoms with van der Waals surface area (Å²) in [6.07, 6.45) is 7.58. The Balaban J connectivity index is 1.71. The Bertz CT molecular complexity index is 650. The van der Waals surface area contributed by atoms with Crippen LogP contribution < -0.4 is 10.6 Å². The Morgan fingerprint density at radius 3 is 2.48 bits per heavy atom. The standard InChI is InChI=1S/C19H24N2O4/c1-25-19(24)15-7-9-16(10-8-15)21-18(23)13-17(22)20-12-11-14-5-3-2-4-6-14/h5,7-10H,2-4,6,11-13H2,1H3,(H,20,22)(H,21,23). The van der Waals surface area contributed by atoms with Crippen molar-refractivity contribution in [3.8, 4) is 0 Å². The summed E-state index contributed by atoms with van der Waals surface area (Å²) >= 11 is 0. The Hall–Kier alpha value is -2.63. The molecule has 1 aromatic rings. The predicted octanol–water partition coefficient (Wildman–Crippen LogP) is 2.81. The number of nitrogens with one attached hydrogen (secondary N) is 2. The summed E-state index contributed by atoms with van der Waals surface area (Å²) in [5.41, 5.74) is 2.31. The lowest BCUT2D eigenvalue weighted by Gasteiger charge is -2.13. The minimum absolute atomic E-state index is 0.224. The lowest BCUT2D eigenvalue weighted by Crippen LogP contribution is -2.29. The first-order valence-corrected chi connectivity index (χ1v) is 8.51. The number of ether oxygens (including phenoxy) is 1. The van der Waals surface area contributed by atoms with Crippen LogP contribution >= 0.6 is 0 Å². The molecule has 1 aromatic carbocycles. The number of hydrogen-bond donors (Lipinski definition) is 2. The quantitative estimate of drug-likeness (QED) is 0.452. The Morgan fingerprint density at radius 1 is 1.08 bits per heavy atom. The molecule has 2 rings (SSSR count). The fourth-order valence-corrected chi connectivity index (χ4v) is 2.72. The van der Waals surface area contributed by atoms with Crippen molar-refractivity contribution in [3.05, 3.63) is 41.5 Å². The first kappa shape index (κ1) is 18.7. The summed E-state index contributed by atoms with van der Waals surface area (Å²) in [7, 11) is 1.31. The summed E-state index contributed by atoms with van der Waals surface area (Å²) in [6.45, 7) is 0.561.